The first-order chi connectivity index (χ1) is 12.2. The normalized spacial score (nSPS) is 25.3. The van der Waals surface area contributed by atoms with Gasteiger partial charge in [0.15, 0.2) is 0 Å². The van der Waals surface area contributed by atoms with Crippen molar-refractivity contribution in [1.29, 1.82) is 0 Å². The highest BCUT2D eigenvalue weighted by Gasteiger charge is 2.43. The van der Waals surface area contributed by atoms with Crippen LogP contribution in [0.3, 0.4) is 0 Å². The Balaban J connectivity index is 1.53. The summed E-state index contributed by atoms with van der Waals surface area (Å²) in [6.45, 7) is 3.91. The van der Waals surface area contributed by atoms with Gasteiger partial charge in [0.25, 0.3) is 5.91 Å². The van der Waals surface area contributed by atoms with Crippen LogP contribution in [0.25, 0.3) is 0 Å². The molecule has 2 aliphatic rings. The van der Waals surface area contributed by atoms with Crippen molar-refractivity contribution >= 4 is 11.6 Å². The van der Waals surface area contributed by atoms with E-state index >= 15 is 0 Å². The maximum absolute atomic E-state index is 12.4. The third kappa shape index (κ3) is 3.58. The molecule has 0 N–H and O–H groups in total. The van der Waals surface area contributed by atoms with E-state index in [1.807, 2.05) is 18.2 Å². The third-order valence-electron chi connectivity index (χ3n) is 4.62. The summed E-state index contributed by atoms with van der Waals surface area (Å²) in [4.78, 5) is 20.5. The van der Waals surface area contributed by atoms with Gasteiger partial charge in [0, 0.05) is 31.4 Å². The Labute approximate surface area is 146 Å². The minimum absolute atomic E-state index is 0.0516. The van der Waals surface area contributed by atoms with Crippen molar-refractivity contribution in [2.24, 2.45) is 0 Å². The smallest absolute Gasteiger partial charge is 0.253 e. The minimum atomic E-state index is -0.538. The van der Waals surface area contributed by atoms with Crippen molar-refractivity contribution < 1.29 is 18.7 Å². The molecule has 0 radical (unpaired) electrons. The standard InChI is InChI=1S/C18H21N3O4/c22-17-11-25-18(13-21(17)16-2-1-4-19-8-16)12-20(5-7-24-14-18)9-15-3-6-23-10-15/h1-4,6,8,10H,5,7,9,11-14H2. The number of furan rings is 1. The highest BCUT2D eigenvalue weighted by molar-refractivity contribution is 5.95. The van der Waals surface area contributed by atoms with Gasteiger partial charge in [-0.05, 0) is 18.2 Å². The molecule has 7 nitrogen and oxygen atoms in total. The van der Waals surface area contributed by atoms with Gasteiger partial charge in [-0.2, -0.15) is 0 Å². The van der Waals surface area contributed by atoms with Crippen LogP contribution < -0.4 is 4.90 Å². The zero-order chi connectivity index (χ0) is 17.1. The Hall–Kier alpha value is -2.22. The number of hydrogen-bond donors (Lipinski definition) is 0. The van der Waals surface area contributed by atoms with Crippen LogP contribution in [-0.4, -0.2) is 60.8 Å². The average Bonchev–Trinajstić information content (AvgIpc) is 3.07. The quantitative estimate of drug-likeness (QED) is 0.837. The number of aromatic nitrogens is 1. The molecule has 2 aromatic heterocycles. The maximum Gasteiger partial charge on any atom is 0.253 e. The van der Waals surface area contributed by atoms with E-state index in [-0.39, 0.29) is 12.5 Å². The van der Waals surface area contributed by atoms with Gasteiger partial charge in [-0.15, -0.1) is 0 Å². The van der Waals surface area contributed by atoms with E-state index in [0.29, 0.717) is 26.3 Å². The Kier molecular flexibility index (Phi) is 4.52. The number of morpholine rings is 1. The van der Waals surface area contributed by atoms with E-state index in [2.05, 4.69) is 9.88 Å². The molecule has 4 heterocycles. The number of amides is 1. The summed E-state index contributed by atoms with van der Waals surface area (Å²) in [5.41, 5.74) is 1.37. The number of carbonyl (C=O) groups excluding carboxylic acids is 1. The molecule has 0 bridgehead atoms. The average molecular weight is 343 g/mol. The molecule has 0 aromatic carbocycles. The molecule has 2 saturated heterocycles. The third-order valence-corrected chi connectivity index (χ3v) is 4.62. The maximum atomic E-state index is 12.4. The topological polar surface area (TPSA) is 68.0 Å². The lowest BCUT2D eigenvalue weighted by molar-refractivity contribution is -0.146. The van der Waals surface area contributed by atoms with Gasteiger partial charge < -0.3 is 18.8 Å². The van der Waals surface area contributed by atoms with Crippen molar-refractivity contribution in [3.8, 4) is 0 Å². The molecule has 4 rings (SSSR count). The molecular formula is C18H21N3O4. The first-order valence-electron chi connectivity index (χ1n) is 8.40. The summed E-state index contributed by atoms with van der Waals surface area (Å²) in [5.74, 6) is -0.0516. The van der Waals surface area contributed by atoms with Crippen LogP contribution in [0, 0.1) is 0 Å². The van der Waals surface area contributed by atoms with Crippen molar-refractivity contribution in [3.05, 3.63) is 48.7 Å². The summed E-state index contributed by atoms with van der Waals surface area (Å²) in [7, 11) is 0. The van der Waals surface area contributed by atoms with Crippen LogP contribution in [0.5, 0.6) is 0 Å². The number of carbonyl (C=O) groups is 1. The predicted octanol–water partition coefficient (Wildman–Crippen LogP) is 1.31. The second kappa shape index (κ2) is 6.95. The number of nitrogens with zero attached hydrogens (tertiary/aromatic N) is 3. The first kappa shape index (κ1) is 16.3. The summed E-state index contributed by atoms with van der Waals surface area (Å²) in [6.07, 6.45) is 6.84. The van der Waals surface area contributed by atoms with Crippen LogP contribution in [0.2, 0.25) is 0 Å². The second-order valence-corrected chi connectivity index (χ2v) is 6.56. The van der Waals surface area contributed by atoms with Crippen LogP contribution in [-0.2, 0) is 20.8 Å². The number of hydrogen-bond acceptors (Lipinski definition) is 6. The van der Waals surface area contributed by atoms with Crippen molar-refractivity contribution in [1.82, 2.24) is 9.88 Å². The van der Waals surface area contributed by atoms with Crippen molar-refractivity contribution in [2.45, 2.75) is 12.1 Å². The van der Waals surface area contributed by atoms with Gasteiger partial charge in [0.1, 0.15) is 12.2 Å². The van der Waals surface area contributed by atoms with E-state index in [1.54, 1.807) is 29.8 Å². The molecule has 2 aromatic rings. The number of rotatable bonds is 3. The molecule has 1 atom stereocenters. The highest BCUT2D eigenvalue weighted by atomic mass is 16.6. The summed E-state index contributed by atoms with van der Waals surface area (Å²) >= 11 is 0. The molecule has 0 saturated carbocycles. The fourth-order valence-corrected chi connectivity index (χ4v) is 3.41. The zero-order valence-corrected chi connectivity index (χ0v) is 14.0. The van der Waals surface area contributed by atoms with E-state index in [0.717, 1.165) is 24.3 Å². The zero-order valence-electron chi connectivity index (χ0n) is 14.0. The molecule has 1 amide bonds. The molecule has 7 heteroatoms. The first-order valence-corrected chi connectivity index (χ1v) is 8.40. The van der Waals surface area contributed by atoms with E-state index in [4.69, 9.17) is 13.9 Å². The minimum Gasteiger partial charge on any atom is -0.472 e. The van der Waals surface area contributed by atoms with Gasteiger partial charge in [-0.3, -0.25) is 14.7 Å². The SMILES string of the molecule is O=C1COC2(COCCN(Cc3ccoc3)C2)CN1c1cccnc1. The molecule has 2 aliphatic heterocycles. The molecule has 1 unspecified atom stereocenters. The summed E-state index contributed by atoms with van der Waals surface area (Å²) in [5, 5.41) is 0. The van der Waals surface area contributed by atoms with Gasteiger partial charge >= 0.3 is 0 Å². The van der Waals surface area contributed by atoms with Crippen LogP contribution in [0.1, 0.15) is 5.56 Å². The van der Waals surface area contributed by atoms with Crippen LogP contribution >= 0.6 is 0 Å². The molecule has 1 spiro atoms. The van der Waals surface area contributed by atoms with Crippen LogP contribution in [0.15, 0.2) is 47.5 Å². The lowest BCUT2D eigenvalue weighted by atomic mass is 10.0. The van der Waals surface area contributed by atoms with E-state index < -0.39 is 5.60 Å². The lowest BCUT2D eigenvalue weighted by Gasteiger charge is -2.42. The van der Waals surface area contributed by atoms with E-state index in [1.165, 1.54) is 0 Å². The van der Waals surface area contributed by atoms with Crippen molar-refractivity contribution in [3.63, 3.8) is 0 Å². The summed E-state index contributed by atoms with van der Waals surface area (Å²) in [6, 6.07) is 5.69. The second-order valence-electron chi connectivity index (χ2n) is 6.56. The Morgan fingerprint density at radius 1 is 1.28 bits per heavy atom. The number of ether oxygens (including phenoxy) is 2. The van der Waals surface area contributed by atoms with Gasteiger partial charge in [-0.1, -0.05) is 0 Å². The summed E-state index contributed by atoms with van der Waals surface area (Å²) < 4.78 is 17.0. The molecule has 2 fully saturated rings. The number of pyridine rings is 1. The fourth-order valence-electron chi connectivity index (χ4n) is 3.41. The predicted molar refractivity (Wildman–Crippen MR) is 90.1 cm³/mol. The van der Waals surface area contributed by atoms with Gasteiger partial charge in [-0.25, -0.2) is 0 Å². The molecule has 132 valence electrons. The van der Waals surface area contributed by atoms with Crippen LogP contribution in [0.4, 0.5) is 5.69 Å². The molecule has 0 aliphatic carbocycles. The monoisotopic (exact) mass is 343 g/mol. The van der Waals surface area contributed by atoms with Gasteiger partial charge in [0.2, 0.25) is 0 Å². The Bertz CT molecular complexity index is 706. The van der Waals surface area contributed by atoms with Crippen molar-refractivity contribution in [2.75, 3.05) is 44.4 Å². The Morgan fingerprint density at radius 2 is 2.24 bits per heavy atom. The fraction of sp³-hybridized carbons (Fsp3) is 0.444. The molecular weight excluding hydrogens is 322 g/mol. The molecule has 25 heavy (non-hydrogen) atoms. The lowest BCUT2D eigenvalue weighted by Crippen LogP contribution is -2.60. The Morgan fingerprint density at radius 3 is 3.04 bits per heavy atom. The number of anilines is 1. The highest BCUT2D eigenvalue weighted by Crippen LogP contribution is 2.27. The largest absolute Gasteiger partial charge is 0.472 e. The van der Waals surface area contributed by atoms with E-state index in [9.17, 15) is 4.79 Å². The van der Waals surface area contributed by atoms with Gasteiger partial charge in [0.05, 0.1) is 44.2 Å².